The number of nitrogens with zero attached hydrogens (tertiary/aromatic N) is 4. The van der Waals surface area contributed by atoms with Crippen molar-refractivity contribution in [2.24, 2.45) is 5.73 Å². The summed E-state index contributed by atoms with van der Waals surface area (Å²) in [5.41, 5.74) is 6.43. The highest BCUT2D eigenvalue weighted by Gasteiger charge is 2.29. The number of pyridine rings is 1. The number of nitrogens with two attached hydrogens (primary N) is 1. The van der Waals surface area contributed by atoms with Gasteiger partial charge in [-0.3, -0.25) is 9.48 Å². The second kappa shape index (κ2) is 5.51. The van der Waals surface area contributed by atoms with Crippen LogP contribution in [0.25, 0.3) is 11.3 Å². The molecule has 3 heterocycles. The van der Waals surface area contributed by atoms with E-state index in [9.17, 15) is 14.0 Å². The van der Waals surface area contributed by atoms with E-state index >= 15 is 0 Å². The molecule has 2 aromatic rings. The quantitative estimate of drug-likeness (QED) is 0.801. The summed E-state index contributed by atoms with van der Waals surface area (Å²) in [6.45, 7) is 0.511. The molecule has 8 nitrogen and oxygen atoms in total. The normalized spacial score (nSPS) is 13.7. The molecule has 0 radical (unpaired) electrons. The number of carboxylic acid groups (broad SMARTS) is 1. The van der Waals surface area contributed by atoms with E-state index in [4.69, 9.17) is 22.4 Å². The molecular formula is C13H11ClFN5O3. The van der Waals surface area contributed by atoms with Crippen LogP contribution in [0.3, 0.4) is 0 Å². The highest BCUT2D eigenvalue weighted by atomic mass is 35.5. The zero-order valence-corrected chi connectivity index (χ0v) is 12.4. The van der Waals surface area contributed by atoms with Crippen molar-refractivity contribution in [3.63, 3.8) is 0 Å². The third-order valence-corrected chi connectivity index (χ3v) is 3.83. The lowest BCUT2D eigenvalue weighted by Gasteiger charge is -2.25. The zero-order chi connectivity index (χ0) is 16.7. The molecule has 120 valence electrons. The van der Waals surface area contributed by atoms with Gasteiger partial charge in [-0.2, -0.15) is 9.49 Å². The monoisotopic (exact) mass is 339 g/mol. The Kier molecular flexibility index (Phi) is 3.64. The molecule has 0 aliphatic carbocycles. The molecule has 1 aliphatic heterocycles. The van der Waals surface area contributed by atoms with E-state index in [0.29, 0.717) is 11.3 Å². The van der Waals surface area contributed by atoms with E-state index < -0.39 is 17.9 Å². The second-order valence-electron chi connectivity index (χ2n) is 4.96. The van der Waals surface area contributed by atoms with Crippen LogP contribution < -0.4 is 5.73 Å². The standard InChI is InChI=1S/C13H11ClFN5O3/c14-7-3-6(4-17-11(7)15)10-9(12(16)21)8-5-19(13(22)23)1-2-20(8)18-10/h3-4H,1-2,5H2,(H2,16,21)(H,22,23). The van der Waals surface area contributed by atoms with E-state index in [-0.39, 0.29) is 35.9 Å². The van der Waals surface area contributed by atoms with Gasteiger partial charge in [0.2, 0.25) is 5.95 Å². The lowest BCUT2D eigenvalue weighted by molar-refractivity contribution is 0.0993. The van der Waals surface area contributed by atoms with E-state index in [2.05, 4.69) is 10.1 Å². The number of halogens is 2. The van der Waals surface area contributed by atoms with Crippen LogP contribution in [0.15, 0.2) is 12.3 Å². The van der Waals surface area contributed by atoms with Crippen LogP contribution in [0.2, 0.25) is 5.02 Å². The number of rotatable bonds is 2. The van der Waals surface area contributed by atoms with Crippen molar-refractivity contribution in [2.45, 2.75) is 13.1 Å². The summed E-state index contributed by atoms with van der Waals surface area (Å²) in [6.07, 6.45) is 0.0951. The molecule has 2 amide bonds. The summed E-state index contributed by atoms with van der Waals surface area (Å²) in [4.78, 5) is 27.6. The Labute approximate surface area is 134 Å². The molecule has 0 saturated carbocycles. The molecule has 0 spiro atoms. The number of hydrogen-bond acceptors (Lipinski definition) is 4. The first-order chi connectivity index (χ1) is 10.9. The largest absolute Gasteiger partial charge is 0.465 e. The van der Waals surface area contributed by atoms with Crippen molar-refractivity contribution in [3.8, 4) is 11.3 Å². The van der Waals surface area contributed by atoms with Gasteiger partial charge in [-0.05, 0) is 6.07 Å². The van der Waals surface area contributed by atoms with E-state index in [1.807, 2.05) is 0 Å². The van der Waals surface area contributed by atoms with Gasteiger partial charge >= 0.3 is 6.09 Å². The zero-order valence-electron chi connectivity index (χ0n) is 11.7. The molecule has 10 heteroatoms. The first-order valence-electron chi connectivity index (χ1n) is 6.57. The molecule has 2 aromatic heterocycles. The maximum Gasteiger partial charge on any atom is 0.407 e. The molecule has 0 saturated heterocycles. The second-order valence-corrected chi connectivity index (χ2v) is 5.37. The van der Waals surface area contributed by atoms with Crippen molar-refractivity contribution in [1.29, 1.82) is 0 Å². The maximum absolute atomic E-state index is 13.2. The average Bonchev–Trinajstić information content (AvgIpc) is 2.88. The van der Waals surface area contributed by atoms with Gasteiger partial charge in [0.15, 0.2) is 0 Å². The van der Waals surface area contributed by atoms with Gasteiger partial charge in [-0.25, -0.2) is 9.78 Å². The molecule has 0 atom stereocenters. The Morgan fingerprint density at radius 1 is 1.39 bits per heavy atom. The third-order valence-electron chi connectivity index (χ3n) is 3.57. The number of carbonyl (C=O) groups is 2. The summed E-state index contributed by atoms with van der Waals surface area (Å²) >= 11 is 5.71. The first-order valence-corrected chi connectivity index (χ1v) is 6.95. The Balaban J connectivity index is 2.14. The van der Waals surface area contributed by atoms with Gasteiger partial charge in [0.1, 0.15) is 5.69 Å². The molecule has 23 heavy (non-hydrogen) atoms. The number of carbonyl (C=O) groups excluding carboxylic acids is 1. The van der Waals surface area contributed by atoms with Crippen molar-refractivity contribution in [1.82, 2.24) is 19.7 Å². The van der Waals surface area contributed by atoms with Crippen molar-refractivity contribution < 1.29 is 19.1 Å². The van der Waals surface area contributed by atoms with Gasteiger partial charge in [0, 0.05) is 18.3 Å². The number of aromatic nitrogens is 3. The van der Waals surface area contributed by atoms with Crippen LogP contribution in [0, 0.1) is 5.95 Å². The van der Waals surface area contributed by atoms with Crippen LogP contribution in [0.4, 0.5) is 9.18 Å². The van der Waals surface area contributed by atoms with E-state index in [0.717, 1.165) is 4.90 Å². The van der Waals surface area contributed by atoms with Crippen LogP contribution >= 0.6 is 11.6 Å². The number of primary amides is 1. The Bertz CT molecular complexity index is 822. The highest BCUT2D eigenvalue weighted by Crippen LogP contribution is 2.29. The van der Waals surface area contributed by atoms with Gasteiger partial charge < -0.3 is 15.7 Å². The molecule has 3 rings (SSSR count). The average molecular weight is 340 g/mol. The fourth-order valence-corrected chi connectivity index (χ4v) is 2.66. The first kappa shape index (κ1) is 15.2. The fourth-order valence-electron chi connectivity index (χ4n) is 2.49. The molecule has 1 aliphatic rings. The summed E-state index contributed by atoms with van der Waals surface area (Å²) in [6, 6.07) is 1.29. The Morgan fingerprint density at radius 2 is 2.13 bits per heavy atom. The highest BCUT2D eigenvalue weighted by molar-refractivity contribution is 6.30. The predicted octanol–water partition coefficient (Wildman–Crippen LogP) is 1.33. The minimum Gasteiger partial charge on any atom is -0.465 e. The Morgan fingerprint density at radius 3 is 2.74 bits per heavy atom. The third kappa shape index (κ3) is 2.59. The van der Waals surface area contributed by atoms with Gasteiger partial charge in [0.25, 0.3) is 5.91 Å². The van der Waals surface area contributed by atoms with Crippen LogP contribution in [0.1, 0.15) is 16.1 Å². The molecule has 0 bridgehead atoms. The molecule has 0 fully saturated rings. The number of fused-ring (bicyclic) bond motifs is 1. The maximum atomic E-state index is 13.2. The topological polar surface area (TPSA) is 114 Å². The summed E-state index contributed by atoms with van der Waals surface area (Å²) < 4.78 is 14.7. The lowest BCUT2D eigenvalue weighted by atomic mass is 10.1. The van der Waals surface area contributed by atoms with Gasteiger partial charge in [-0.15, -0.1) is 0 Å². The smallest absolute Gasteiger partial charge is 0.407 e. The van der Waals surface area contributed by atoms with E-state index in [1.165, 1.54) is 16.9 Å². The van der Waals surface area contributed by atoms with Crippen LogP contribution in [-0.4, -0.2) is 43.3 Å². The number of amides is 2. The van der Waals surface area contributed by atoms with E-state index in [1.54, 1.807) is 0 Å². The SMILES string of the molecule is NC(=O)c1c(-c2cnc(F)c(Cl)c2)nn2c1CN(C(=O)O)CC2. The lowest BCUT2D eigenvalue weighted by Crippen LogP contribution is -2.38. The van der Waals surface area contributed by atoms with Crippen LogP contribution in [-0.2, 0) is 13.1 Å². The summed E-state index contributed by atoms with van der Waals surface area (Å²) in [5, 5.41) is 13.2. The van der Waals surface area contributed by atoms with Crippen molar-refractivity contribution >= 4 is 23.6 Å². The molecule has 0 aromatic carbocycles. The minimum atomic E-state index is -1.10. The fraction of sp³-hybridized carbons (Fsp3) is 0.231. The molecule has 3 N–H and O–H groups in total. The summed E-state index contributed by atoms with van der Waals surface area (Å²) in [5.74, 6) is -1.59. The predicted molar refractivity (Wildman–Crippen MR) is 77.4 cm³/mol. The minimum absolute atomic E-state index is 0.0110. The molecular weight excluding hydrogens is 329 g/mol. The van der Waals surface area contributed by atoms with Gasteiger partial charge in [-0.1, -0.05) is 11.6 Å². The summed E-state index contributed by atoms with van der Waals surface area (Å²) in [7, 11) is 0. The Hall–Kier alpha value is -2.68. The van der Waals surface area contributed by atoms with Crippen molar-refractivity contribution in [3.05, 3.63) is 34.5 Å². The van der Waals surface area contributed by atoms with Crippen molar-refractivity contribution in [2.75, 3.05) is 6.54 Å². The molecule has 0 unspecified atom stereocenters. The van der Waals surface area contributed by atoms with Crippen LogP contribution in [0.5, 0.6) is 0 Å². The number of hydrogen-bond donors (Lipinski definition) is 2. The van der Waals surface area contributed by atoms with Gasteiger partial charge in [0.05, 0.1) is 29.4 Å².